The molecule has 1 aliphatic heterocycles. The first-order valence-electron chi connectivity index (χ1n) is 13.6. The summed E-state index contributed by atoms with van der Waals surface area (Å²) < 4.78 is 11.9. The summed E-state index contributed by atoms with van der Waals surface area (Å²) in [5.74, 6) is 1.16. The molecule has 0 unspecified atom stereocenters. The molecule has 7 heteroatoms. The van der Waals surface area contributed by atoms with Gasteiger partial charge in [-0.05, 0) is 80.3 Å². The van der Waals surface area contributed by atoms with Gasteiger partial charge < -0.3 is 19.2 Å². The van der Waals surface area contributed by atoms with Crippen LogP contribution in [-0.4, -0.2) is 36.2 Å². The van der Waals surface area contributed by atoms with Gasteiger partial charge in [0.1, 0.15) is 17.1 Å². The molecule has 0 saturated carbocycles. The molecule has 1 aliphatic rings. The molecule has 5 rings (SSSR count). The fraction of sp³-hybridized carbons (Fsp3) is 0.344. The van der Waals surface area contributed by atoms with Gasteiger partial charge in [-0.25, -0.2) is 0 Å². The Morgan fingerprint density at radius 1 is 0.872 bits per heavy atom. The van der Waals surface area contributed by atoms with Crippen molar-refractivity contribution in [2.45, 2.75) is 44.1 Å². The molecule has 0 spiro atoms. The van der Waals surface area contributed by atoms with Crippen molar-refractivity contribution in [3.05, 3.63) is 98.6 Å². The molecule has 1 aromatic heterocycles. The monoisotopic (exact) mass is 565 g/mol. The molecule has 3 aromatic carbocycles. The Labute approximate surface area is 238 Å². The predicted octanol–water partition coefficient (Wildman–Crippen LogP) is 7.69. The zero-order chi connectivity index (χ0) is 27.2. The lowest BCUT2D eigenvalue weighted by atomic mass is 9.84. The zero-order valence-corrected chi connectivity index (χ0v) is 23.4. The van der Waals surface area contributed by atoms with E-state index < -0.39 is 5.60 Å². The molecule has 1 N–H and O–H groups in total. The van der Waals surface area contributed by atoms with Gasteiger partial charge in [-0.1, -0.05) is 60.3 Å². The molecular formula is C32H33Cl2NO4. The van der Waals surface area contributed by atoms with Crippen molar-refractivity contribution in [2.75, 3.05) is 26.2 Å². The van der Waals surface area contributed by atoms with Crippen LogP contribution in [-0.2, 0) is 5.60 Å². The number of likely N-dealkylation sites (tertiary alicyclic amines) is 1. The average molecular weight is 567 g/mol. The van der Waals surface area contributed by atoms with Crippen LogP contribution >= 0.6 is 23.2 Å². The van der Waals surface area contributed by atoms with Crippen LogP contribution in [0.15, 0.2) is 82.0 Å². The fourth-order valence-electron chi connectivity index (χ4n) is 5.19. The zero-order valence-electron chi connectivity index (χ0n) is 21.9. The summed E-state index contributed by atoms with van der Waals surface area (Å²) in [7, 11) is 0. The van der Waals surface area contributed by atoms with Gasteiger partial charge in [0, 0.05) is 34.8 Å². The number of aliphatic hydroxyl groups is 1. The summed E-state index contributed by atoms with van der Waals surface area (Å²) in [6.45, 7) is 3.46. The van der Waals surface area contributed by atoms with Crippen LogP contribution in [0.3, 0.4) is 0 Å². The van der Waals surface area contributed by atoms with E-state index in [0.29, 0.717) is 39.1 Å². The molecule has 5 nitrogen and oxygen atoms in total. The summed E-state index contributed by atoms with van der Waals surface area (Å²) in [6.07, 6.45) is 5.79. The average Bonchev–Trinajstić information content (AvgIpc) is 2.94. The highest BCUT2D eigenvalue weighted by molar-refractivity contribution is 6.31. The van der Waals surface area contributed by atoms with Gasteiger partial charge in [-0.15, -0.1) is 0 Å². The number of unbranched alkanes of at least 4 members (excludes halogenated alkanes) is 3. The van der Waals surface area contributed by atoms with Crippen LogP contribution in [0.5, 0.6) is 5.75 Å². The van der Waals surface area contributed by atoms with Crippen LogP contribution in [0.4, 0.5) is 0 Å². The molecule has 39 heavy (non-hydrogen) atoms. The predicted molar refractivity (Wildman–Crippen MR) is 158 cm³/mol. The van der Waals surface area contributed by atoms with Crippen LogP contribution < -0.4 is 10.2 Å². The van der Waals surface area contributed by atoms with E-state index in [0.717, 1.165) is 69.3 Å². The van der Waals surface area contributed by atoms with Gasteiger partial charge in [0.25, 0.3) is 0 Å². The smallest absolute Gasteiger partial charge is 0.193 e. The third-order valence-electron chi connectivity index (χ3n) is 7.51. The van der Waals surface area contributed by atoms with Gasteiger partial charge in [0.15, 0.2) is 5.43 Å². The Hall–Kier alpha value is -2.83. The van der Waals surface area contributed by atoms with Crippen molar-refractivity contribution in [2.24, 2.45) is 0 Å². The first-order chi connectivity index (χ1) is 18.9. The molecule has 1 saturated heterocycles. The van der Waals surface area contributed by atoms with Crippen molar-refractivity contribution >= 4 is 34.2 Å². The Balaban J connectivity index is 1.02. The molecule has 1 fully saturated rings. The lowest BCUT2D eigenvalue weighted by Gasteiger charge is -2.38. The quantitative estimate of drug-likeness (QED) is 0.200. The summed E-state index contributed by atoms with van der Waals surface area (Å²) in [5.41, 5.74) is 1.39. The van der Waals surface area contributed by atoms with Crippen molar-refractivity contribution in [3.63, 3.8) is 0 Å². The van der Waals surface area contributed by atoms with E-state index in [1.807, 2.05) is 42.5 Å². The number of hydrogen-bond donors (Lipinski definition) is 1. The second kappa shape index (κ2) is 12.6. The number of rotatable bonds is 10. The highest BCUT2D eigenvalue weighted by atomic mass is 35.5. The van der Waals surface area contributed by atoms with Crippen LogP contribution in [0, 0.1) is 0 Å². The number of piperidine rings is 1. The molecule has 204 valence electrons. The Kier molecular flexibility index (Phi) is 8.93. The normalized spacial score (nSPS) is 15.5. The second-order valence-electron chi connectivity index (χ2n) is 10.3. The number of nitrogens with zero attached hydrogens (tertiary/aromatic N) is 1. The maximum absolute atomic E-state index is 12.7. The van der Waals surface area contributed by atoms with E-state index in [4.69, 9.17) is 32.4 Å². The van der Waals surface area contributed by atoms with E-state index in [1.54, 1.807) is 24.3 Å². The summed E-state index contributed by atoms with van der Waals surface area (Å²) in [6, 6.07) is 21.7. The Morgan fingerprint density at radius 2 is 1.64 bits per heavy atom. The molecule has 2 heterocycles. The maximum atomic E-state index is 12.7. The lowest BCUT2D eigenvalue weighted by Crippen LogP contribution is -2.42. The summed E-state index contributed by atoms with van der Waals surface area (Å²) in [4.78, 5) is 15.2. The Morgan fingerprint density at radius 3 is 2.41 bits per heavy atom. The molecule has 0 atom stereocenters. The first kappa shape index (κ1) is 27.7. The highest BCUT2D eigenvalue weighted by Crippen LogP contribution is 2.33. The van der Waals surface area contributed by atoms with Gasteiger partial charge in [-0.2, -0.15) is 0 Å². The third-order valence-corrected chi connectivity index (χ3v) is 8.00. The summed E-state index contributed by atoms with van der Waals surface area (Å²) >= 11 is 12.1. The maximum Gasteiger partial charge on any atom is 0.193 e. The molecule has 4 aromatic rings. The third kappa shape index (κ3) is 7.03. The standard InChI is InChI=1S/C32H33Cl2NO4/c33-25-10-8-24(9-11-25)32(37)14-17-35(18-15-32)16-3-1-2-4-19-38-27-12-13-30-28(21-27)29(36)22-31(39-30)23-6-5-7-26(34)20-23/h5-13,20-22,37H,1-4,14-19H2. The topological polar surface area (TPSA) is 62.9 Å². The molecular weight excluding hydrogens is 533 g/mol. The minimum atomic E-state index is -0.749. The lowest BCUT2D eigenvalue weighted by molar-refractivity contribution is -0.0261. The van der Waals surface area contributed by atoms with Gasteiger partial charge in [0.2, 0.25) is 0 Å². The summed E-state index contributed by atoms with van der Waals surface area (Å²) in [5, 5.41) is 12.8. The van der Waals surface area contributed by atoms with Gasteiger partial charge in [0.05, 0.1) is 17.6 Å². The van der Waals surface area contributed by atoms with E-state index in [-0.39, 0.29) is 5.43 Å². The number of hydrogen-bond acceptors (Lipinski definition) is 5. The van der Waals surface area contributed by atoms with Crippen LogP contribution in [0.2, 0.25) is 10.0 Å². The number of benzene rings is 3. The fourth-order valence-corrected chi connectivity index (χ4v) is 5.50. The van der Waals surface area contributed by atoms with Crippen LogP contribution in [0.1, 0.15) is 44.1 Å². The number of ether oxygens (including phenoxy) is 1. The van der Waals surface area contributed by atoms with Crippen molar-refractivity contribution in [1.82, 2.24) is 4.90 Å². The van der Waals surface area contributed by atoms with Crippen molar-refractivity contribution in [3.8, 4) is 17.1 Å². The van der Waals surface area contributed by atoms with Gasteiger partial charge in [-0.3, -0.25) is 4.79 Å². The Bertz CT molecular complexity index is 1460. The minimum absolute atomic E-state index is 0.110. The SMILES string of the molecule is O=c1cc(-c2cccc(Cl)c2)oc2ccc(OCCCCCCN3CCC(O)(c4ccc(Cl)cc4)CC3)cc12. The number of fused-ring (bicyclic) bond motifs is 1. The van der Waals surface area contributed by atoms with Crippen molar-refractivity contribution in [1.29, 1.82) is 0 Å². The molecule has 0 amide bonds. The first-order valence-corrected chi connectivity index (χ1v) is 14.3. The second-order valence-corrected chi connectivity index (χ2v) is 11.2. The minimum Gasteiger partial charge on any atom is -0.494 e. The van der Waals surface area contributed by atoms with Crippen molar-refractivity contribution < 1.29 is 14.3 Å². The van der Waals surface area contributed by atoms with E-state index in [9.17, 15) is 9.90 Å². The molecule has 0 aliphatic carbocycles. The van der Waals surface area contributed by atoms with E-state index in [2.05, 4.69) is 4.90 Å². The molecule has 0 radical (unpaired) electrons. The number of halogens is 2. The van der Waals surface area contributed by atoms with Gasteiger partial charge >= 0.3 is 0 Å². The van der Waals surface area contributed by atoms with E-state index in [1.165, 1.54) is 6.07 Å². The van der Waals surface area contributed by atoms with E-state index >= 15 is 0 Å². The van der Waals surface area contributed by atoms with Crippen LogP contribution in [0.25, 0.3) is 22.3 Å². The molecule has 0 bridgehead atoms. The largest absolute Gasteiger partial charge is 0.494 e. The highest BCUT2D eigenvalue weighted by Gasteiger charge is 2.33.